The molecule has 2 aliphatic rings. The number of aliphatic hydroxyl groups is 1. The number of allylic oxidation sites excluding steroid dienone is 1. The van der Waals surface area contributed by atoms with Crippen LogP contribution in [0.3, 0.4) is 0 Å². The van der Waals surface area contributed by atoms with E-state index in [4.69, 9.17) is 0 Å². The highest BCUT2D eigenvalue weighted by Crippen LogP contribution is 2.60. The Bertz CT molecular complexity index is 197. The van der Waals surface area contributed by atoms with E-state index in [1.807, 2.05) is 6.08 Å². The summed E-state index contributed by atoms with van der Waals surface area (Å²) >= 11 is 0. The monoisotopic (exact) mass is 166 g/mol. The maximum atomic E-state index is 9.42. The highest BCUT2D eigenvalue weighted by atomic mass is 16.3. The molecule has 0 aromatic rings. The second kappa shape index (κ2) is 2.88. The van der Waals surface area contributed by atoms with Crippen LogP contribution in [0.4, 0.5) is 0 Å². The molecule has 0 aromatic carbocycles. The van der Waals surface area contributed by atoms with Crippen molar-refractivity contribution >= 4 is 0 Å². The molecule has 68 valence electrons. The normalized spacial score (nSPS) is 48.8. The van der Waals surface area contributed by atoms with E-state index in [1.54, 1.807) is 0 Å². The zero-order chi connectivity index (χ0) is 8.60. The largest absolute Gasteiger partial charge is 0.389 e. The number of hydrogen-bond donors (Lipinski definition) is 1. The fourth-order valence-electron chi connectivity index (χ4n) is 2.60. The van der Waals surface area contributed by atoms with Gasteiger partial charge < -0.3 is 5.11 Å². The van der Waals surface area contributed by atoms with Crippen molar-refractivity contribution in [3.05, 3.63) is 12.2 Å². The van der Waals surface area contributed by atoms with Gasteiger partial charge in [0.1, 0.15) is 0 Å². The van der Waals surface area contributed by atoms with Gasteiger partial charge >= 0.3 is 0 Å². The highest BCUT2D eigenvalue weighted by molar-refractivity contribution is 5.08. The van der Waals surface area contributed by atoms with E-state index in [9.17, 15) is 5.11 Å². The number of fused-ring (bicyclic) bond motifs is 1. The van der Waals surface area contributed by atoms with Gasteiger partial charge in [-0.2, -0.15) is 0 Å². The molecule has 0 spiro atoms. The van der Waals surface area contributed by atoms with Crippen LogP contribution in [-0.4, -0.2) is 11.2 Å². The van der Waals surface area contributed by atoms with E-state index >= 15 is 0 Å². The van der Waals surface area contributed by atoms with Gasteiger partial charge in [-0.1, -0.05) is 19.1 Å². The van der Waals surface area contributed by atoms with Crippen molar-refractivity contribution in [1.29, 1.82) is 0 Å². The lowest BCUT2D eigenvalue weighted by molar-refractivity contribution is 0.199. The molecule has 1 fully saturated rings. The summed E-state index contributed by atoms with van der Waals surface area (Å²) in [5, 5.41) is 9.42. The minimum Gasteiger partial charge on any atom is -0.389 e. The Kier molecular flexibility index (Phi) is 1.99. The summed E-state index contributed by atoms with van der Waals surface area (Å²) in [5.74, 6) is 0.919. The van der Waals surface area contributed by atoms with Gasteiger partial charge in [0.15, 0.2) is 0 Å². The molecule has 0 unspecified atom stereocenters. The Morgan fingerprint density at radius 2 is 2.33 bits per heavy atom. The van der Waals surface area contributed by atoms with Gasteiger partial charge in [0.25, 0.3) is 0 Å². The van der Waals surface area contributed by atoms with Crippen LogP contribution < -0.4 is 0 Å². The summed E-state index contributed by atoms with van der Waals surface area (Å²) < 4.78 is 0. The molecule has 1 nitrogen and oxygen atoms in total. The van der Waals surface area contributed by atoms with E-state index in [-0.39, 0.29) is 6.10 Å². The SMILES string of the molecule is CC[C@]12C/C=C/[C@H](O)CC[C@@H]1C2. The van der Waals surface area contributed by atoms with E-state index in [2.05, 4.69) is 13.0 Å². The fraction of sp³-hybridized carbons (Fsp3) is 0.818. The van der Waals surface area contributed by atoms with Gasteiger partial charge in [0.2, 0.25) is 0 Å². The van der Waals surface area contributed by atoms with E-state index in [0.29, 0.717) is 5.41 Å². The number of hydrogen-bond acceptors (Lipinski definition) is 1. The Morgan fingerprint density at radius 1 is 1.50 bits per heavy atom. The molecule has 0 heterocycles. The molecule has 0 aliphatic heterocycles. The topological polar surface area (TPSA) is 20.2 Å². The summed E-state index contributed by atoms with van der Waals surface area (Å²) in [5.41, 5.74) is 0.649. The third-order valence-electron chi connectivity index (χ3n) is 3.76. The molecule has 1 heteroatoms. The van der Waals surface area contributed by atoms with E-state index in [0.717, 1.165) is 12.3 Å². The number of rotatable bonds is 1. The predicted molar refractivity (Wildman–Crippen MR) is 49.8 cm³/mol. The Morgan fingerprint density at radius 3 is 3.08 bits per heavy atom. The van der Waals surface area contributed by atoms with E-state index < -0.39 is 0 Å². The highest BCUT2D eigenvalue weighted by Gasteiger charge is 2.50. The summed E-state index contributed by atoms with van der Waals surface area (Å²) in [6.07, 6.45) is 10.1. The first-order valence-corrected chi connectivity index (χ1v) is 5.11. The van der Waals surface area contributed by atoms with Crippen molar-refractivity contribution in [1.82, 2.24) is 0 Å². The second-order valence-corrected chi connectivity index (χ2v) is 4.39. The van der Waals surface area contributed by atoms with Crippen molar-refractivity contribution in [2.75, 3.05) is 0 Å². The maximum Gasteiger partial charge on any atom is 0.0721 e. The van der Waals surface area contributed by atoms with Gasteiger partial charge in [-0.05, 0) is 43.4 Å². The lowest BCUT2D eigenvalue weighted by Gasteiger charge is -2.16. The van der Waals surface area contributed by atoms with Crippen LogP contribution in [0.2, 0.25) is 0 Å². The zero-order valence-electron chi connectivity index (χ0n) is 7.79. The van der Waals surface area contributed by atoms with E-state index in [1.165, 1.54) is 25.7 Å². The molecular formula is C11H18O. The van der Waals surface area contributed by atoms with Crippen LogP contribution in [0.1, 0.15) is 39.0 Å². The van der Waals surface area contributed by atoms with Crippen molar-refractivity contribution in [3.63, 3.8) is 0 Å². The molecule has 2 aliphatic carbocycles. The molecule has 3 atom stereocenters. The Balaban J connectivity index is 2.03. The first-order chi connectivity index (χ1) is 5.77. The lowest BCUT2D eigenvalue weighted by Crippen LogP contribution is -2.09. The van der Waals surface area contributed by atoms with Crippen LogP contribution in [-0.2, 0) is 0 Å². The number of aliphatic hydroxyl groups excluding tert-OH is 1. The van der Waals surface area contributed by atoms with Crippen LogP contribution in [0, 0.1) is 11.3 Å². The van der Waals surface area contributed by atoms with Gasteiger partial charge in [-0.15, -0.1) is 0 Å². The van der Waals surface area contributed by atoms with Crippen molar-refractivity contribution in [3.8, 4) is 0 Å². The summed E-state index contributed by atoms with van der Waals surface area (Å²) in [6, 6.07) is 0. The minimum atomic E-state index is -0.166. The standard InChI is InChI=1S/C11H18O/c1-2-11-7-3-4-10(12)6-5-9(11)8-11/h3-4,9-10,12H,2,5-8H2,1H3/b4-3+/t9-,10+,11-/m1/s1. The van der Waals surface area contributed by atoms with Gasteiger partial charge in [0, 0.05) is 0 Å². The molecule has 1 saturated carbocycles. The summed E-state index contributed by atoms with van der Waals surface area (Å²) in [4.78, 5) is 0. The Labute approximate surface area is 74.5 Å². The second-order valence-electron chi connectivity index (χ2n) is 4.39. The van der Waals surface area contributed by atoms with Crippen LogP contribution in [0.25, 0.3) is 0 Å². The molecular weight excluding hydrogens is 148 g/mol. The quantitative estimate of drug-likeness (QED) is 0.593. The summed E-state index contributed by atoms with van der Waals surface area (Å²) in [6.45, 7) is 2.30. The minimum absolute atomic E-state index is 0.166. The Hall–Kier alpha value is -0.300. The molecule has 0 aromatic heterocycles. The molecule has 0 bridgehead atoms. The average molecular weight is 166 g/mol. The molecule has 0 amide bonds. The average Bonchev–Trinajstić information content (AvgIpc) is 2.72. The molecule has 0 radical (unpaired) electrons. The molecule has 2 rings (SSSR count). The van der Waals surface area contributed by atoms with Gasteiger partial charge in [-0.3, -0.25) is 0 Å². The molecule has 0 saturated heterocycles. The first-order valence-electron chi connectivity index (χ1n) is 5.11. The smallest absolute Gasteiger partial charge is 0.0721 e. The van der Waals surface area contributed by atoms with Gasteiger partial charge in [0.05, 0.1) is 6.10 Å². The van der Waals surface area contributed by atoms with Crippen LogP contribution in [0.15, 0.2) is 12.2 Å². The molecule has 1 N–H and O–H groups in total. The van der Waals surface area contributed by atoms with Crippen LogP contribution >= 0.6 is 0 Å². The summed E-state index contributed by atoms with van der Waals surface area (Å²) in [7, 11) is 0. The van der Waals surface area contributed by atoms with Crippen molar-refractivity contribution in [2.24, 2.45) is 11.3 Å². The molecule has 12 heavy (non-hydrogen) atoms. The third-order valence-corrected chi connectivity index (χ3v) is 3.76. The van der Waals surface area contributed by atoms with Gasteiger partial charge in [-0.25, -0.2) is 0 Å². The van der Waals surface area contributed by atoms with Crippen molar-refractivity contribution < 1.29 is 5.11 Å². The zero-order valence-corrected chi connectivity index (χ0v) is 7.79. The van der Waals surface area contributed by atoms with Crippen LogP contribution in [0.5, 0.6) is 0 Å². The maximum absolute atomic E-state index is 9.42. The lowest BCUT2D eigenvalue weighted by atomic mass is 9.91. The van der Waals surface area contributed by atoms with Crippen molar-refractivity contribution in [2.45, 2.75) is 45.1 Å². The first kappa shape index (κ1) is 8.31. The predicted octanol–water partition coefficient (Wildman–Crippen LogP) is 2.50. The third kappa shape index (κ3) is 1.31. The fourth-order valence-corrected chi connectivity index (χ4v) is 2.60.